The molecule has 0 aliphatic rings. The maximum atomic E-state index is 6.09. The van der Waals surface area contributed by atoms with Crippen molar-refractivity contribution in [2.24, 2.45) is 5.41 Å². The van der Waals surface area contributed by atoms with E-state index in [2.05, 4.69) is 26.1 Å². The van der Waals surface area contributed by atoms with E-state index >= 15 is 0 Å². The first-order chi connectivity index (χ1) is 7.46. The summed E-state index contributed by atoms with van der Waals surface area (Å²) in [6.07, 6.45) is 1.15. The van der Waals surface area contributed by atoms with Gasteiger partial charge in [-0.25, -0.2) is 0 Å². The van der Waals surface area contributed by atoms with Gasteiger partial charge in [-0.15, -0.1) is 0 Å². The number of nitrogens with one attached hydrogen (secondary N) is 1. The first-order valence-corrected chi connectivity index (χ1v) is 6.35. The van der Waals surface area contributed by atoms with Crippen LogP contribution >= 0.6 is 23.2 Å². The molecular formula is C13H19Cl2N. The van der Waals surface area contributed by atoms with E-state index in [0.717, 1.165) is 35.1 Å². The van der Waals surface area contributed by atoms with E-state index in [1.165, 1.54) is 0 Å². The topological polar surface area (TPSA) is 12.0 Å². The summed E-state index contributed by atoms with van der Waals surface area (Å²) in [6.45, 7) is 8.37. The van der Waals surface area contributed by atoms with Crippen LogP contribution in [0.4, 0.5) is 0 Å². The average Bonchev–Trinajstić information content (AvgIpc) is 2.22. The molecule has 0 aromatic heterocycles. The van der Waals surface area contributed by atoms with Crippen LogP contribution in [0.1, 0.15) is 32.8 Å². The van der Waals surface area contributed by atoms with Gasteiger partial charge in [0.1, 0.15) is 0 Å². The van der Waals surface area contributed by atoms with E-state index in [1.807, 2.05) is 18.2 Å². The normalized spacial score (nSPS) is 11.8. The van der Waals surface area contributed by atoms with Crippen LogP contribution in [-0.2, 0) is 6.54 Å². The van der Waals surface area contributed by atoms with Gasteiger partial charge in [0.05, 0.1) is 0 Å². The summed E-state index contributed by atoms with van der Waals surface area (Å²) in [4.78, 5) is 0. The minimum atomic E-state index is 0.313. The van der Waals surface area contributed by atoms with E-state index in [1.54, 1.807) is 0 Å². The zero-order valence-corrected chi connectivity index (χ0v) is 11.6. The van der Waals surface area contributed by atoms with Crippen molar-refractivity contribution in [3.63, 3.8) is 0 Å². The van der Waals surface area contributed by atoms with Crippen molar-refractivity contribution in [1.29, 1.82) is 0 Å². The summed E-state index contributed by atoms with van der Waals surface area (Å²) in [5, 5.41) is 4.87. The molecule has 1 rings (SSSR count). The molecule has 0 fully saturated rings. The molecule has 0 heterocycles. The van der Waals surface area contributed by atoms with Crippen LogP contribution < -0.4 is 5.32 Å². The predicted molar refractivity (Wildman–Crippen MR) is 72.2 cm³/mol. The third-order valence-corrected chi connectivity index (χ3v) is 3.63. The molecule has 0 spiro atoms. The lowest BCUT2D eigenvalue weighted by Crippen LogP contribution is -2.28. The van der Waals surface area contributed by atoms with Crippen molar-refractivity contribution >= 4 is 23.2 Å². The highest BCUT2D eigenvalue weighted by Crippen LogP contribution is 2.24. The standard InChI is InChI=1S/C13H19Cl2N/c1-4-13(2,3)9-16-8-10-11(14)6-5-7-12(10)15/h5-7,16H,4,8-9H2,1-3H3. The molecule has 3 heteroatoms. The van der Waals surface area contributed by atoms with Gasteiger partial charge in [0.2, 0.25) is 0 Å². The average molecular weight is 260 g/mol. The van der Waals surface area contributed by atoms with E-state index in [-0.39, 0.29) is 0 Å². The molecule has 0 bridgehead atoms. The predicted octanol–water partition coefficient (Wildman–Crippen LogP) is 4.52. The van der Waals surface area contributed by atoms with Crippen molar-refractivity contribution in [3.8, 4) is 0 Å². The molecule has 90 valence electrons. The maximum Gasteiger partial charge on any atom is 0.0465 e. The van der Waals surface area contributed by atoms with Crippen LogP contribution in [-0.4, -0.2) is 6.54 Å². The molecule has 1 nitrogen and oxygen atoms in total. The summed E-state index contributed by atoms with van der Waals surface area (Å²) in [5.74, 6) is 0. The number of hydrogen-bond donors (Lipinski definition) is 1. The number of halogens is 2. The molecule has 0 unspecified atom stereocenters. The zero-order valence-electron chi connectivity index (χ0n) is 10.1. The molecular weight excluding hydrogens is 241 g/mol. The minimum absolute atomic E-state index is 0.313. The molecule has 0 aliphatic heterocycles. The molecule has 0 aliphatic carbocycles. The van der Waals surface area contributed by atoms with Crippen LogP contribution in [0.5, 0.6) is 0 Å². The second-order valence-corrected chi connectivity index (χ2v) is 5.64. The van der Waals surface area contributed by atoms with Crippen LogP contribution in [0.25, 0.3) is 0 Å². The molecule has 1 aromatic rings. The number of rotatable bonds is 5. The van der Waals surface area contributed by atoms with E-state index < -0.39 is 0 Å². The van der Waals surface area contributed by atoms with Crippen LogP contribution in [0, 0.1) is 5.41 Å². The van der Waals surface area contributed by atoms with Gasteiger partial charge in [0.15, 0.2) is 0 Å². The third kappa shape index (κ3) is 3.97. The van der Waals surface area contributed by atoms with E-state index in [0.29, 0.717) is 5.41 Å². The van der Waals surface area contributed by atoms with Gasteiger partial charge in [-0.2, -0.15) is 0 Å². The van der Waals surface area contributed by atoms with Crippen LogP contribution in [0.2, 0.25) is 10.0 Å². The lowest BCUT2D eigenvalue weighted by molar-refractivity contribution is 0.327. The van der Waals surface area contributed by atoms with Crippen molar-refractivity contribution in [2.45, 2.75) is 33.7 Å². The van der Waals surface area contributed by atoms with Gasteiger partial charge in [-0.3, -0.25) is 0 Å². The third-order valence-electron chi connectivity index (χ3n) is 2.92. The lowest BCUT2D eigenvalue weighted by atomic mass is 9.90. The Morgan fingerprint density at radius 2 is 1.75 bits per heavy atom. The van der Waals surface area contributed by atoms with Gasteiger partial charge in [-0.05, 0) is 24.0 Å². The largest absolute Gasteiger partial charge is 0.312 e. The van der Waals surface area contributed by atoms with Gasteiger partial charge in [0.25, 0.3) is 0 Å². The van der Waals surface area contributed by atoms with Gasteiger partial charge < -0.3 is 5.32 Å². The second kappa shape index (κ2) is 5.90. The molecule has 0 atom stereocenters. The number of benzene rings is 1. The minimum Gasteiger partial charge on any atom is -0.312 e. The fourth-order valence-electron chi connectivity index (χ4n) is 1.35. The summed E-state index contributed by atoms with van der Waals surface area (Å²) in [5.41, 5.74) is 1.30. The first-order valence-electron chi connectivity index (χ1n) is 5.60. The Morgan fingerprint density at radius 1 is 1.19 bits per heavy atom. The monoisotopic (exact) mass is 259 g/mol. The molecule has 0 saturated heterocycles. The van der Waals surface area contributed by atoms with E-state index in [4.69, 9.17) is 23.2 Å². The van der Waals surface area contributed by atoms with Crippen molar-refractivity contribution in [1.82, 2.24) is 5.32 Å². The SMILES string of the molecule is CCC(C)(C)CNCc1c(Cl)cccc1Cl. The maximum absolute atomic E-state index is 6.09. The summed E-state index contributed by atoms with van der Waals surface area (Å²) >= 11 is 12.2. The van der Waals surface area contributed by atoms with E-state index in [9.17, 15) is 0 Å². The number of hydrogen-bond acceptors (Lipinski definition) is 1. The molecule has 0 amide bonds. The fraction of sp³-hybridized carbons (Fsp3) is 0.538. The molecule has 1 N–H and O–H groups in total. The van der Waals surface area contributed by atoms with Gasteiger partial charge in [-0.1, -0.05) is 50.0 Å². The highest BCUT2D eigenvalue weighted by molar-refractivity contribution is 6.35. The summed E-state index contributed by atoms with van der Waals surface area (Å²) < 4.78 is 0. The second-order valence-electron chi connectivity index (χ2n) is 4.82. The first kappa shape index (κ1) is 13.8. The zero-order chi connectivity index (χ0) is 12.2. The molecule has 16 heavy (non-hydrogen) atoms. The van der Waals surface area contributed by atoms with Crippen LogP contribution in [0.15, 0.2) is 18.2 Å². The Hall–Kier alpha value is -0.240. The Labute approximate surface area is 108 Å². The van der Waals surface area contributed by atoms with Gasteiger partial charge in [0, 0.05) is 28.7 Å². The highest BCUT2D eigenvalue weighted by atomic mass is 35.5. The van der Waals surface area contributed by atoms with Crippen LogP contribution in [0.3, 0.4) is 0 Å². The molecule has 1 aromatic carbocycles. The quantitative estimate of drug-likeness (QED) is 0.820. The summed E-state index contributed by atoms with van der Waals surface area (Å²) in [6, 6.07) is 5.61. The molecule has 0 saturated carbocycles. The van der Waals surface area contributed by atoms with Crippen molar-refractivity contribution in [3.05, 3.63) is 33.8 Å². The Kier molecular flexibility index (Phi) is 5.10. The van der Waals surface area contributed by atoms with Crippen molar-refractivity contribution < 1.29 is 0 Å². The van der Waals surface area contributed by atoms with Crippen molar-refractivity contribution in [2.75, 3.05) is 6.54 Å². The smallest absolute Gasteiger partial charge is 0.0465 e. The summed E-state index contributed by atoms with van der Waals surface area (Å²) in [7, 11) is 0. The Balaban J connectivity index is 2.56. The Morgan fingerprint density at radius 3 is 2.25 bits per heavy atom. The lowest BCUT2D eigenvalue weighted by Gasteiger charge is -2.23. The Bertz CT molecular complexity index is 328. The van der Waals surface area contributed by atoms with Gasteiger partial charge >= 0.3 is 0 Å². The highest BCUT2D eigenvalue weighted by Gasteiger charge is 2.14. The fourth-order valence-corrected chi connectivity index (χ4v) is 1.88. The molecule has 0 radical (unpaired) electrons.